The molecule has 108 valence electrons. The molecule has 2 aromatic rings. The third kappa shape index (κ3) is 2.75. The van der Waals surface area contributed by atoms with Crippen LogP contribution in [0.3, 0.4) is 0 Å². The van der Waals surface area contributed by atoms with Crippen LogP contribution in [0.4, 0.5) is 4.39 Å². The Bertz CT molecular complexity index is 664. The van der Waals surface area contributed by atoms with E-state index in [1.807, 2.05) is 18.2 Å². The average molecular weight is 285 g/mol. The molecule has 21 heavy (non-hydrogen) atoms. The maximum Gasteiger partial charge on any atom is 0.258 e. The Morgan fingerprint density at radius 2 is 1.90 bits per heavy atom. The molecule has 0 heterocycles. The highest BCUT2D eigenvalue weighted by atomic mass is 19.1. The first kappa shape index (κ1) is 13.6. The first-order valence-corrected chi connectivity index (χ1v) is 7.00. The highest BCUT2D eigenvalue weighted by Gasteiger charge is 2.23. The highest BCUT2D eigenvalue weighted by molar-refractivity contribution is 5.97. The summed E-state index contributed by atoms with van der Waals surface area (Å²) < 4.78 is 13.7. The van der Waals surface area contributed by atoms with Gasteiger partial charge in [0.2, 0.25) is 0 Å². The Balaban J connectivity index is 1.75. The highest BCUT2D eigenvalue weighted by Crippen LogP contribution is 2.23. The number of phenols is 1. The second-order valence-corrected chi connectivity index (χ2v) is 5.32. The topological polar surface area (TPSA) is 49.3 Å². The fourth-order valence-corrected chi connectivity index (χ4v) is 2.82. The Labute approximate surface area is 122 Å². The van der Waals surface area contributed by atoms with Gasteiger partial charge in [0.1, 0.15) is 17.1 Å². The summed E-state index contributed by atoms with van der Waals surface area (Å²) in [5.74, 6) is -1.59. The van der Waals surface area contributed by atoms with Crippen molar-refractivity contribution in [2.75, 3.05) is 0 Å². The van der Waals surface area contributed by atoms with Crippen molar-refractivity contribution in [1.29, 1.82) is 0 Å². The van der Waals surface area contributed by atoms with Gasteiger partial charge in [-0.05, 0) is 42.5 Å². The van der Waals surface area contributed by atoms with Gasteiger partial charge in [0.25, 0.3) is 5.91 Å². The van der Waals surface area contributed by atoms with Gasteiger partial charge in [-0.25, -0.2) is 4.39 Å². The van der Waals surface area contributed by atoms with Crippen LogP contribution in [-0.4, -0.2) is 17.1 Å². The lowest BCUT2D eigenvalue weighted by Crippen LogP contribution is -2.39. The predicted molar refractivity (Wildman–Crippen MR) is 77.8 cm³/mol. The monoisotopic (exact) mass is 285 g/mol. The zero-order valence-electron chi connectivity index (χ0n) is 11.5. The maximum atomic E-state index is 13.7. The van der Waals surface area contributed by atoms with Crippen LogP contribution in [0, 0.1) is 5.82 Å². The van der Waals surface area contributed by atoms with Crippen LogP contribution in [0.15, 0.2) is 42.5 Å². The minimum absolute atomic E-state index is 0.0357. The number of aryl methyl sites for hydroxylation is 1. The summed E-state index contributed by atoms with van der Waals surface area (Å²) in [6, 6.07) is 12.0. The molecule has 3 rings (SSSR count). The van der Waals surface area contributed by atoms with Crippen molar-refractivity contribution in [3.8, 4) is 5.75 Å². The van der Waals surface area contributed by atoms with Gasteiger partial charge in [-0.1, -0.05) is 30.3 Å². The van der Waals surface area contributed by atoms with Crippen LogP contribution in [0.25, 0.3) is 0 Å². The van der Waals surface area contributed by atoms with Crippen LogP contribution in [0.5, 0.6) is 5.75 Å². The number of nitrogens with one attached hydrogen (secondary N) is 1. The summed E-state index contributed by atoms with van der Waals surface area (Å²) in [5.41, 5.74) is 2.24. The van der Waals surface area contributed by atoms with Crippen LogP contribution in [0.2, 0.25) is 0 Å². The minimum Gasteiger partial charge on any atom is -0.507 e. The van der Waals surface area contributed by atoms with Gasteiger partial charge in [0.15, 0.2) is 0 Å². The number of rotatable bonds is 2. The summed E-state index contributed by atoms with van der Waals surface area (Å²) in [4.78, 5) is 12.2. The van der Waals surface area contributed by atoms with Gasteiger partial charge in [-0.2, -0.15) is 0 Å². The molecule has 0 fully saturated rings. The van der Waals surface area contributed by atoms with Gasteiger partial charge in [-0.15, -0.1) is 0 Å². The number of fused-ring (bicyclic) bond motifs is 1. The number of hydrogen-bond donors (Lipinski definition) is 2. The molecule has 0 saturated carbocycles. The van der Waals surface area contributed by atoms with Gasteiger partial charge in [0.05, 0.1) is 0 Å². The minimum atomic E-state index is -0.705. The number of carbonyl (C=O) groups excluding carboxylic acids is 1. The van der Waals surface area contributed by atoms with Crippen molar-refractivity contribution >= 4 is 5.91 Å². The van der Waals surface area contributed by atoms with E-state index in [1.165, 1.54) is 29.3 Å². The molecular formula is C17H16FNO2. The lowest BCUT2D eigenvalue weighted by molar-refractivity contribution is 0.0926. The SMILES string of the molecule is O=C(NC1CCc2ccccc2C1)c1c(O)cccc1F. The largest absolute Gasteiger partial charge is 0.507 e. The Morgan fingerprint density at radius 1 is 1.14 bits per heavy atom. The third-order valence-electron chi connectivity index (χ3n) is 3.90. The Kier molecular flexibility index (Phi) is 3.60. The molecule has 0 radical (unpaired) electrons. The van der Waals surface area contributed by atoms with Crippen molar-refractivity contribution in [2.45, 2.75) is 25.3 Å². The third-order valence-corrected chi connectivity index (χ3v) is 3.90. The van der Waals surface area contributed by atoms with E-state index in [0.29, 0.717) is 0 Å². The molecule has 0 bridgehead atoms. The number of phenolic OH excluding ortho intramolecular Hbond substituents is 1. The standard InChI is InChI=1S/C17H16FNO2/c18-14-6-3-7-15(20)16(14)17(21)19-13-9-8-11-4-1-2-5-12(11)10-13/h1-7,13,20H,8-10H2,(H,19,21). The van der Waals surface area contributed by atoms with E-state index in [2.05, 4.69) is 11.4 Å². The summed E-state index contributed by atoms with van der Waals surface area (Å²) in [6.07, 6.45) is 2.44. The van der Waals surface area contributed by atoms with Gasteiger partial charge in [-0.3, -0.25) is 4.79 Å². The van der Waals surface area contributed by atoms with E-state index in [0.717, 1.165) is 19.3 Å². The Morgan fingerprint density at radius 3 is 2.67 bits per heavy atom. The molecule has 4 heteroatoms. The molecule has 0 saturated heterocycles. The second-order valence-electron chi connectivity index (χ2n) is 5.32. The van der Waals surface area contributed by atoms with Crippen LogP contribution < -0.4 is 5.32 Å². The zero-order valence-corrected chi connectivity index (χ0v) is 11.5. The number of hydrogen-bond acceptors (Lipinski definition) is 2. The number of benzene rings is 2. The van der Waals surface area contributed by atoms with E-state index in [9.17, 15) is 14.3 Å². The molecule has 1 aliphatic rings. The smallest absolute Gasteiger partial charge is 0.258 e. The normalized spacial score (nSPS) is 17.1. The van der Waals surface area contributed by atoms with Crippen LogP contribution in [0.1, 0.15) is 27.9 Å². The predicted octanol–water partition coefficient (Wildman–Crippen LogP) is 2.82. The van der Waals surface area contributed by atoms with Crippen molar-refractivity contribution in [1.82, 2.24) is 5.32 Å². The van der Waals surface area contributed by atoms with E-state index >= 15 is 0 Å². The van der Waals surface area contributed by atoms with Gasteiger partial charge >= 0.3 is 0 Å². The summed E-state index contributed by atoms with van der Waals surface area (Å²) in [5, 5.41) is 12.5. The van der Waals surface area contributed by atoms with Crippen molar-refractivity contribution in [3.63, 3.8) is 0 Å². The lowest BCUT2D eigenvalue weighted by Gasteiger charge is -2.25. The van der Waals surface area contributed by atoms with E-state index < -0.39 is 11.7 Å². The number of amides is 1. The van der Waals surface area contributed by atoms with Gasteiger partial charge in [0, 0.05) is 6.04 Å². The molecule has 0 aromatic heterocycles. The molecule has 2 aromatic carbocycles. The molecule has 2 N–H and O–H groups in total. The quantitative estimate of drug-likeness (QED) is 0.891. The fraction of sp³-hybridized carbons (Fsp3) is 0.235. The van der Waals surface area contributed by atoms with Crippen LogP contribution in [-0.2, 0) is 12.8 Å². The first-order valence-electron chi connectivity index (χ1n) is 7.00. The average Bonchev–Trinajstić information content (AvgIpc) is 2.47. The van der Waals surface area contributed by atoms with Gasteiger partial charge < -0.3 is 10.4 Å². The molecule has 1 atom stereocenters. The molecule has 3 nitrogen and oxygen atoms in total. The summed E-state index contributed by atoms with van der Waals surface area (Å²) >= 11 is 0. The molecule has 0 aliphatic heterocycles. The number of aromatic hydroxyl groups is 1. The van der Waals surface area contributed by atoms with E-state index in [4.69, 9.17) is 0 Å². The molecule has 1 unspecified atom stereocenters. The van der Waals surface area contributed by atoms with E-state index in [-0.39, 0.29) is 17.4 Å². The zero-order chi connectivity index (χ0) is 14.8. The number of halogens is 1. The molecule has 0 spiro atoms. The fourth-order valence-electron chi connectivity index (χ4n) is 2.82. The first-order chi connectivity index (χ1) is 10.1. The summed E-state index contributed by atoms with van der Waals surface area (Å²) in [7, 11) is 0. The molecular weight excluding hydrogens is 269 g/mol. The van der Waals surface area contributed by atoms with Crippen LogP contribution >= 0.6 is 0 Å². The van der Waals surface area contributed by atoms with E-state index in [1.54, 1.807) is 0 Å². The van der Waals surface area contributed by atoms with Crippen molar-refractivity contribution in [3.05, 3.63) is 65.0 Å². The Hall–Kier alpha value is -2.36. The number of carbonyl (C=O) groups is 1. The second kappa shape index (κ2) is 5.56. The van der Waals surface area contributed by atoms with Crippen molar-refractivity contribution in [2.24, 2.45) is 0 Å². The lowest BCUT2D eigenvalue weighted by atomic mass is 9.88. The molecule has 1 amide bonds. The molecule has 1 aliphatic carbocycles. The summed E-state index contributed by atoms with van der Waals surface area (Å²) in [6.45, 7) is 0. The maximum absolute atomic E-state index is 13.7. The van der Waals surface area contributed by atoms with Crippen molar-refractivity contribution < 1.29 is 14.3 Å².